The Hall–Kier alpha value is -4.59. The van der Waals surface area contributed by atoms with Gasteiger partial charge in [-0.2, -0.15) is 5.10 Å². The van der Waals surface area contributed by atoms with Crippen LogP contribution < -0.4 is 19.7 Å². The Bertz CT molecular complexity index is 1410. The minimum absolute atomic E-state index is 0.168. The van der Waals surface area contributed by atoms with Gasteiger partial charge in [0, 0.05) is 30.3 Å². The molecule has 8 nitrogen and oxygen atoms in total. The zero-order valence-corrected chi connectivity index (χ0v) is 21.0. The van der Waals surface area contributed by atoms with Crippen molar-refractivity contribution >= 4 is 17.5 Å². The van der Waals surface area contributed by atoms with Gasteiger partial charge in [-0.3, -0.25) is 19.2 Å². The van der Waals surface area contributed by atoms with Crippen molar-refractivity contribution in [2.75, 3.05) is 19.1 Å². The number of ether oxygens (including phenoxy) is 2. The van der Waals surface area contributed by atoms with E-state index in [4.69, 9.17) is 14.6 Å². The monoisotopic (exact) mass is 496 g/mol. The number of benzene rings is 3. The molecule has 5 rings (SSSR count). The summed E-state index contributed by atoms with van der Waals surface area (Å²) in [5.74, 6) is 0.388. The van der Waals surface area contributed by atoms with Gasteiger partial charge >= 0.3 is 0 Å². The summed E-state index contributed by atoms with van der Waals surface area (Å²) >= 11 is 0. The molecule has 0 spiro atoms. The van der Waals surface area contributed by atoms with E-state index in [0.29, 0.717) is 35.1 Å². The highest BCUT2D eigenvalue weighted by Crippen LogP contribution is 2.37. The molecule has 2 amide bonds. The Morgan fingerprint density at radius 1 is 0.946 bits per heavy atom. The Morgan fingerprint density at radius 3 is 2.19 bits per heavy atom. The summed E-state index contributed by atoms with van der Waals surface area (Å²) in [5, 5.41) is 7.72. The van der Waals surface area contributed by atoms with Crippen LogP contribution in [0.15, 0.2) is 84.9 Å². The molecule has 0 radical (unpaired) electrons. The van der Waals surface area contributed by atoms with Crippen LogP contribution in [-0.2, 0) is 17.9 Å². The van der Waals surface area contributed by atoms with Crippen LogP contribution in [0.5, 0.6) is 11.5 Å². The molecule has 1 atom stereocenters. The lowest BCUT2D eigenvalue weighted by molar-refractivity contribution is -0.126. The SMILES string of the molecule is COc1cc(OC)cc(N2C(=O)c3cc(-c4ccccc4)nn3CC2(C)C(=O)NCc2ccccc2)c1. The van der Waals surface area contributed by atoms with E-state index < -0.39 is 5.54 Å². The maximum absolute atomic E-state index is 14.1. The highest BCUT2D eigenvalue weighted by Gasteiger charge is 2.49. The first-order valence-electron chi connectivity index (χ1n) is 12.0. The third-order valence-electron chi connectivity index (χ3n) is 6.60. The molecule has 1 N–H and O–H groups in total. The second kappa shape index (κ2) is 9.81. The number of amides is 2. The molecule has 2 heterocycles. The Morgan fingerprint density at radius 2 is 1.57 bits per heavy atom. The highest BCUT2D eigenvalue weighted by atomic mass is 16.5. The lowest BCUT2D eigenvalue weighted by Crippen LogP contribution is -2.64. The van der Waals surface area contributed by atoms with Crippen LogP contribution >= 0.6 is 0 Å². The van der Waals surface area contributed by atoms with Crippen LogP contribution in [0.4, 0.5) is 5.69 Å². The van der Waals surface area contributed by atoms with Crippen molar-refractivity contribution in [1.29, 1.82) is 0 Å². The normalized spacial score (nSPS) is 16.7. The zero-order chi connectivity index (χ0) is 26.0. The molecule has 37 heavy (non-hydrogen) atoms. The third kappa shape index (κ3) is 4.53. The van der Waals surface area contributed by atoms with Gasteiger partial charge in [-0.25, -0.2) is 0 Å². The van der Waals surface area contributed by atoms with E-state index in [-0.39, 0.29) is 18.4 Å². The van der Waals surface area contributed by atoms with Gasteiger partial charge in [-0.15, -0.1) is 0 Å². The van der Waals surface area contributed by atoms with Crippen LogP contribution in [0, 0.1) is 0 Å². The van der Waals surface area contributed by atoms with Crippen LogP contribution in [0.2, 0.25) is 0 Å². The number of methoxy groups -OCH3 is 2. The van der Waals surface area contributed by atoms with Crippen molar-refractivity contribution in [1.82, 2.24) is 15.1 Å². The predicted octanol–water partition coefficient (Wildman–Crippen LogP) is 4.30. The molecule has 0 fully saturated rings. The predicted molar refractivity (Wildman–Crippen MR) is 141 cm³/mol. The molecule has 1 aliphatic rings. The number of anilines is 1. The van der Waals surface area contributed by atoms with Crippen molar-refractivity contribution < 1.29 is 19.1 Å². The fourth-order valence-electron chi connectivity index (χ4n) is 4.63. The Kier molecular flexibility index (Phi) is 6.40. The van der Waals surface area contributed by atoms with Crippen molar-refractivity contribution in [3.63, 3.8) is 0 Å². The Labute approximate surface area is 215 Å². The van der Waals surface area contributed by atoms with E-state index >= 15 is 0 Å². The second-order valence-corrected chi connectivity index (χ2v) is 9.09. The molecule has 1 aromatic heterocycles. The maximum Gasteiger partial charge on any atom is 0.277 e. The standard InChI is InChI=1S/C29H28N4O4/c1-29(28(35)30-18-20-10-6-4-7-11-20)19-32-26(17-25(31-32)21-12-8-5-9-13-21)27(34)33(29)22-14-23(36-2)16-24(15-22)37-3/h4-17H,18-19H2,1-3H3,(H,30,35). The summed E-state index contributed by atoms with van der Waals surface area (Å²) in [6, 6.07) is 26.2. The van der Waals surface area contributed by atoms with Crippen molar-refractivity contribution in [2.24, 2.45) is 0 Å². The van der Waals surface area contributed by atoms with E-state index in [0.717, 1.165) is 11.1 Å². The molecule has 0 saturated carbocycles. The molecule has 188 valence electrons. The summed E-state index contributed by atoms with van der Waals surface area (Å²) in [6.07, 6.45) is 0. The average molecular weight is 497 g/mol. The number of carbonyl (C=O) groups excluding carboxylic acids is 2. The minimum Gasteiger partial charge on any atom is -0.497 e. The molecule has 3 aromatic carbocycles. The first-order valence-corrected chi connectivity index (χ1v) is 12.0. The molecule has 0 saturated heterocycles. The van der Waals surface area contributed by atoms with Gasteiger partial charge in [0.2, 0.25) is 5.91 Å². The minimum atomic E-state index is -1.28. The number of hydrogen-bond donors (Lipinski definition) is 1. The quantitative estimate of drug-likeness (QED) is 0.412. The number of fused-ring (bicyclic) bond motifs is 1. The summed E-state index contributed by atoms with van der Waals surface area (Å²) in [6.45, 7) is 2.25. The molecule has 4 aromatic rings. The number of rotatable bonds is 7. The maximum atomic E-state index is 14.1. The molecule has 1 aliphatic heterocycles. The number of hydrogen-bond acceptors (Lipinski definition) is 5. The fraction of sp³-hybridized carbons (Fsp3) is 0.207. The van der Waals surface area contributed by atoms with E-state index in [2.05, 4.69) is 5.32 Å². The first kappa shape index (κ1) is 24.1. The lowest BCUT2D eigenvalue weighted by atomic mass is 9.93. The number of carbonyl (C=O) groups is 2. The van der Waals surface area contributed by atoms with E-state index in [9.17, 15) is 9.59 Å². The van der Waals surface area contributed by atoms with Crippen molar-refractivity contribution in [2.45, 2.75) is 25.6 Å². The van der Waals surface area contributed by atoms with Gasteiger partial charge in [0.15, 0.2) is 0 Å². The summed E-state index contributed by atoms with van der Waals surface area (Å²) < 4.78 is 12.5. The second-order valence-electron chi connectivity index (χ2n) is 9.09. The number of aromatic nitrogens is 2. The molecule has 0 aliphatic carbocycles. The van der Waals surface area contributed by atoms with Crippen LogP contribution in [0.25, 0.3) is 11.3 Å². The molecular formula is C29H28N4O4. The highest BCUT2D eigenvalue weighted by molar-refractivity contribution is 6.12. The molecule has 8 heteroatoms. The van der Waals surface area contributed by atoms with E-state index in [1.54, 1.807) is 50.1 Å². The van der Waals surface area contributed by atoms with Crippen molar-refractivity contribution in [3.05, 3.63) is 96.2 Å². The van der Waals surface area contributed by atoms with Crippen molar-refractivity contribution in [3.8, 4) is 22.8 Å². The zero-order valence-electron chi connectivity index (χ0n) is 21.0. The molecular weight excluding hydrogens is 468 g/mol. The van der Waals surface area contributed by atoms with Gasteiger partial charge in [-0.1, -0.05) is 60.7 Å². The fourth-order valence-corrected chi connectivity index (χ4v) is 4.63. The van der Waals surface area contributed by atoms with Gasteiger partial charge in [-0.05, 0) is 18.6 Å². The third-order valence-corrected chi connectivity index (χ3v) is 6.60. The first-order chi connectivity index (χ1) is 17.9. The van der Waals surface area contributed by atoms with Crippen LogP contribution in [-0.4, -0.2) is 41.4 Å². The topological polar surface area (TPSA) is 85.7 Å². The Balaban J connectivity index is 1.59. The lowest BCUT2D eigenvalue weighted by Gasteiger charge is -2.43. The average Bonchev–Trinajstić information content (AvgIpc) is 3.36. The van der Waals surface area contributed by atoms with Gasteiger partial charge < -0.3 is 14.8 Å². The summed E-state index contributed by atoms with van der Waals surface area (Å²) in [5.41, 5.74) is 2.13. The smallest absolute Gasteiger partial charge is 0.277 e. The summed E-state index contributed by atoms with van der Waals surface area (Å²) in [7, 11) is 3.09. The van der Waals surface area contributed by atoms with Crippen LogP contribution in [0.1, 0.15) is 23.0 Å². The van der Waals surface area contributed by atoms with E-state index in [1.807, 2.05) is 60.7 Å². The molecule has 1 unspecified atom stereocenters. The molecule has 0 bridgehead atoms. The van der Waals surface area contributed by atoms with Gasteiger partial charge in [0.05, 0.1) is 32.1 Å². The summed E-state index contributed by atoms with van der Waals surface area (Å²) in [4.78, 5) is 29.4. The van der Waals surface area contributed by atoms with Crippen LogP contribution in [0.3, 0.4) is 0 Å². The number of nitrogens with zero attached hydrogens (tertiary/aromatic N) is 3. The largest absolute Gasteiger partial charge is 0.497 e. The van der Waals surface area contributed by atoms with Gasteiger partial charge in [0.1, 0.15) is 22.7 Å². The number of nitrogens with one attached hydrogen (secondary N) is 1. The van der Waals surface area contributed by atoms with E-state index in [1.165, 1.54) is 4.90 Å². The van der Waals surface area contributed by atoms with Gasteiger partial charge in [0.25, 0.3) is 5.91 Å².